The highest BCUT2D eigenvalue weighted by molar-refractivity contribution is 5.89. The van der Waals surface area contributed by atoms with Crippen LogP contribution in [0.1, 0.15) is 22.2 Å². The van der Waals surface area contributed by atoms with Gasteiger partial charge < -0.3 is 24.1 Å². The van der Waals surface area contributed by atoms with E-state index in [9.17, 15) is 9.90 Å². The lowest BCUT2D eigenvalue weighted by molar-refractivity contribution is -0.313. The van der Waals surface area contributed by atoms with E-state index in [1.165, 1.54) is 0 Å². The Morgan fingerprint density at radius 2 is 1.65 bits per heavy atom. The lowest BCUT2D eigenvalue weighted by Gasteiger charge is -2.44. The van der Waals surface area contributed by atoms with Crippen LogP contribution in [0.5, 0.6) is 0 Å². The summed E-state index contributed by atoms with van der Waals surface area (Å²) in [6.45, 7) is 0.407. The molecule has 4 rings (SSSR count). The van der Waals surface area contributed by atoms with Gasteiger partial charge in [-0.1, -0.05) is 48.5 Å². The topological polar surface area (TPSA) is 74.2 Å². The van der Waals surface area contributed by atoms with Gasteiger partial charge in [0.25, 0.3) is 0 Å². The van der Waals surface area contributed by atoms with E-state index in [0.29, 0.717) is 12.2 Å². The van der Waals surface area contributed by atoms with Crippen LogP contribution in [0, 0.1) is 0 Å². The van der Waals surface area contributed by atoms with Crippen LogP contribution in [0.2, 0.25) is 0 Å². The van der Waals surface area contributed by atoms with E-state index in [1.807, 2.05) is 36.4 Å². The van der Waals surface area contributed by atoms with E-state index < -0.39 is 36.7 Å². The SMILES string of the molecule is O=C(O[C@H]1CO[C@@H]2COC(c3ccccc3)O[C@@H]2[C@@H]1O)c1ccccc1. The highest BCUT2D eigenvalue weighted by Gasteiger charge is 2.46. The fourth-order valence-corrected chi connectivity index (χ4v) is 3.19. The van der Waals surface area contributed by atoms with Crippen LogP contribution in [0.4, 0.5) is 0 Å². The van der Waals surface area contributed by atoms with Crippen LogP contribution in [-0.2, 0) is 18.9 Å². The normalized spacial score (nSPS) is 31.0. The average molecular weight is 356 g/mol. The molecule has 0 aromatic heterocycles. The number of carbonyl (C=O) groups is 1. The number of ether oxygens (including phenoxy) is 4. The minimum Gasteiger partial charge on any atom is -0.453 e. The number of aliphatic hydroxyl groups excluding tert-OH is 1. The number of carbonyl (C=O) groups excluding carboxylic acids is 1. The van der Waals surface area contributed by atoms with Gasteiger partial charge in [0.15, 0.2) is 12.4 Å². The molecule has 1 N–H and O–H groups in total. The zero-order valence-electron chi connectivity index (χ0n) is 14.1. The first-order valence-corrected chi connectivity index (χ1v) is 8.60. The minimum atomic E-state index is -0.989. The van der Waals surface area contributed by atoms with Crippen LogP contribution in [-0.4, -0.2) is 48.7 Å². The van der Waals surface area contributed by atoms with E-state index in [-0.39, 0.29) is 6.61 Å². The molecule has 2 aromatic carbocycles. The Morgan fingerprint density at radius 1 is 0.962 bits per heavy atom. The third kappa shape index (κ3) is 3.50. The smallest absolute Gasteiger partial charge is 0.338 e. The van der Waals surface area contributed by atoms with Crippen molar-refractivity contribution in [2.45, 2.75) is 30.7 Å². The van der Waals surface area contributed by atoms with E-state index in [0.717, 1.165) is 5.56 Å². The molecule has 5 atom stereocenters. The quantitative estimate of drug-likeness (QED) is 0.849. The van der Waals surface area contributed by atoms with Gasteiger partial charge in [0.05, 0.1) is 18.8 Å². The van der Waals surface area contributed by atoms with Crippen molar-refractivity contribution in [2.75, 3.05) is 13.2 Å². The van der Waals surface area contributed by atoms with Gasteiger partial charge in [-0.2, -0.15) is 0 Å². The molecule has 0 spiro atoms. The van der Waals surface area contributed by atoms with Crippen LogP contribution >= 0.6 is 0 Å². The van der Waals surface area contributed by atoms with Crippen LogP contribution in [0.3, 0.4) is 0 Å². The Kier molecular flexibility index (Phi) is 4.99. The van der Waals surface area contributed by atoms with Gasteiger partial charge in [-0.05, 0) is 12.1 Å². The molecule has 1 unspecified atom stereocenters. The first-order chi connectivity index (χ1) is 12.7. The lowest BCUT2D eigenvalue weighted by Crippen LogP contribution is -2.59. The molecular weight excluding hydrogens is 336 g/mol. The number of hydrogen-bond donors (Lipinski definition) is 1. The highest BCUT2D eigenvalue weighted by Crippen LogP contribution is 2.33. The predicted molar refractivity (Wildman–Crippen MR) is 91.4 cm³/mol. The molecule has 0 amide bonds. The van der Waals surface area contributed by atoms with Crippen molar-refractivity contribution in [2.24, 2.45) is 0 Å². The molecular formula is C20H20O6. The Morgan fingerprint density at radius 3 is 2.38 bits per heavy atom. The van der Waals surface area contributed by atoms with Gasteiger partial charge in [-0.25, -0.2) is 4.79 Å². The summed E-state index contributed by atoms with van der Waals surface area (Å²) in [5.74, 6) is -0.497. The minimum absolute atomic E-state index is 0.101. The monoisotopic (exact) mass is 356 g/mol. The second-order valence-corrected chi connectivity index (χ2v) is 6.35. The van der Waals surface area contributed by atoms with Crippen LogP contribution in [0.15, 0.2) is 60.7 Å². The molecule has 0 saturated carbocycles. The van der Waals surface area contributed by atoms with E-state index >= 15 is 0 Å². The van der Waals surface area contributed by atoms with Crippen molar-refractivity contribution >= 4 is 5.97 Å². The van der Waals surface area contributed by atoms with E-state index in [4.69, 9.17) is 18.9 Å². The first-order valence-electron chi connectivity index (χ1n) is 8.60. The van der Waals surface area contributed by atoms with Crippen molar-refractivity contribution < 1.29 is 28.8 Å². The number of esters is 1. The van der Waals surface area contributed by atoms with Gasteiger partial charge >= 0.3 is 5.97 Å². The van der Waals surface area contributed by atoms with Gasteiger partial charge in [-0.15, -0.1) is 0 Å². The van der Waals surface area contributed by atoms with Gasteiger partial charge in [0, 0.05) is 5.56 Å². The fourth-order valence-electron chi connectivity index (χ4n) is 3.19. The number of aliphatic hydroxyl groups is 1. The van der Waals surface area contributed by atoms with Crippen molar-refractivity contribution in [3.8, 4) is 0 Å². The average Bonchev–Trinajstić information content (AvgIpc) is 2.71. The van der Waals surface area contributed by atoms with Crippen molar-refractivity contribution in [1.29, 1.82) is 0 Å². The molecule has 2 fully saturated rings. The van der Waals surface area contributed by atoms with E-state index in [1.54, 1.807) is 24.3 Å². The first kappa shape index (κ1) is 17.2. The zero-order chi connectivity index (χ0) is 17.9. The molecule has 2 saturated heterocycles. The molecule has 6 nitrogen and oxygen atoms in total. The maximum absolute atomic E-state index is 12.2. The second kappa shape index (κ2) is 7.55. The van der Waals surface area contributed by atoms with Gasteiger partial charge in [0.2, 0.25) is 0 Å². The van der Waals surface area contributed by atoms with Crippen LogP contribution in [0.25, 0.3) is 0 Å². The summed E-state index contributed by atoms with van der Waals surface area (Å²) in [7, 11) is 0. The molecule has 2 aromatic rings. The number of benzene rings is 2. The van der Waals surface area contributed by atoms with Crippen molar-refractivity contribution in [1.82, 2.24) is 0 Å². The molecule has 0 bridgehead atoms. The summed E-state index contributed by atoms with van der Waals surface area (Å²) in [6, 6.07) is 18.2. The summed E-state index contributed by atoms with van der Waals surface area (Å²) in [5.41, 5.74) is 1.29. The molecule has 0 radical (unpaired) electrons. The second-order valence-electron chi connectivity index (χ2n) is 6.35. The summed E-state index contributed by atoms with van der Waals surface area (Å²) >= 11 is 0. The number of hydrogen-bond acceptors (Lipinski definition) is 6. The Labute approximate surface area is 151 Å². The molecule has 2 aliphatic rings. The molecule has 6 heteroatoms. The number of rotatable bonds is 3. The largest absolute Gasteiger partial charge is 0.453 e. The van der Waals surface area contributed by atoms with Crippen molar-refractivity contribution in [3.63, 3.8) is 0 Å². The Balaban J connectivity index is 1.44. The molecule has 26 heavy (non-hydrogen) atoms. The summed E-state index contributed by atoms with van der Waals surface area (Å²) in [5, 5.41) is 10.7. The molecule has 0 aliphatic carbocycles. The summed E-state index contributed by atoms with van der Waals surface area (Å²) in [4.78, 5) is 12.2. The third-order valence-corrected chi connectivity index (χ3v) is 4.59. The molecule has 2 aliphatic heterocycles. The standard InChI is InChI=1S/C20H20O6/c21-17-15(25-19(22)13-7-3-1-4-8-13)11-23-16-12-24-20(26-18(16)17)14-9-5-2-6-10-14/h1-10,15-18,20-21H,11-12H2/t15-,16+,17+,18-,20?/m0/s1. The molecule has 136 valence electrons. The highest BCUT2D eigenvalue weighted by atomic mass is 16.7. The maximum Gasteiger partial charge on any atom is 0.338 e. The Bertz CT molecular complexity index is 734. The van der Waals surface area contributed by atoms with E-state index in [2.05, 4.69) is 0 Å². The maximum atomic E-state index is 12.2. The van der Waals surface area contributed by atoms with Gasteiger partial charge in [0.1, 0.15) is 18.3 Å². The van der Waals surface area contributed by atoms with Crippen molar-refractivity contribution in [3.05, 3.63) is 71.8 Å². The zero-order valence-corrected chi connectivity index (χ0v) is 14.1. The number of fused-ring (bicyclic) bond motifs is 1. The van der Waals surface area contributed by atoms with Crippen LogP contribution < -0.4 is 0 Å². The van der Waals surface area contributed by atoms with Gasteiger partial charge in [-0.3, -0.25) is 0 Å². The summed E-state index contributed by atoms with van der Waals surface area (Å²) < 4.78 is 22.8. The fraction of sp³-hybridized carbons (Fsp3) is 0.350. The third-order valence-electron chi connectivity index (χ3n) is 4.59. The molecule has 2 heterocycles. The summed E-state index contributed by atoms with van der Waals surface area (Å²) in [6.07, 6.45) is -3.39. The Hall–Kier alpha value is -2.25. The predicted octanol–water partition coefficient (Wildman–Crippen LogP) is 2.09. The lowest BCUT2D eigenvalue weighted by atomic mass is 9.98.